The first kappa shape index (κ1) is 29.5. The maximum absolute atomic E-state index is 13.1. The largest absolute Gasteiger partial charge is 0.496 e. The second kappa shape index (κ2) is 12.9. The van der Waals surface area contributed by atoms with Gasteiger partial charge in [0.1, 0.15) is 17.4 Å². The van der Waals surface area contributed by atoms with Gasteiger partial charge in [-0.25, -0.2) is 9.59 Å². The Hall–Kier alpha value is -4.04. The van der Waals surface area contributed by atoms with Crippen LogP contribution in [0.15, 0.2) is 66.9 Å². The van der Waals surface area contributed by atoms with Gasteiger partial charge in [0.05, 0.1) is 13.7 Å². The summed E-state index contributed by atoms with van der Waals surface area (Å²) in [6.45, 7) is 8.27. The number of likely N-dealkylation sites (tertiary alicyclic amines) is 1. The molecule has 1 amide bonds. The number of carbonyl (C=O) groups is 2. The maximum atomic E-state index is 13.1. The van der Waals surface area contributed by atoms with Crippen LogP contribution < -0.4 is 10.1 Å². The van der Waals surface area contributed by atoms with Crippen molar-refractivity contribution in [2.75, 3.05) is 26.8 Å². The van der Waals surface area contributed by atoms with Crippen LogP contribution in [0.25, 0.3) is 21.7 Å². The predicted octanol–water partition coefficient (Wildman–Crippen LogP) is 6.22. The van der Waals surface area contributed by atoms with Crippen molar-refractivity contribution in [1.82, 2.24) is 15.2 Å². The minimum absolute atomic E-state index is 0.194. The lowest BCUT2D eigenvalue weighted by Gasteiger charge is -2.33. The van der Waals surface area contributed by atoms with Crippen LogP contribution in [0.5, 0.6) is 5.75 Å². The molecule has 4 aromatic rings. The quantitative estimate of drug-likeness (QED) is 0.232. The molecule has 8 nitrogen and oxygen atoms in total. The highest BCUT2D eigenvalue weighted by Crippen LogP contribution is 2.30. The zero-order valence-corrected chi connectivity index (χ0v) is 24.9. The van der Waals surface area contributed by atoms with E-state index in [-0.39, 0.29) is 18.9 Å². The zero-order chi connectivity index (χ0) is 29.7. The van der Waals surface area contributed by atoms with Crippen LogP contribution in [0.3, 0.4) is 0 Å². The number of nitrogens with one attached hydrogen (secondary N) is 2. The van der Waals surface area contributed by atoms with E-state index in [1.807, 2.05) is 63.4 Å². The molecule has 3 aromatic carbocycles. The van der Waals surface area contributed by atoms with Gasteiger partial charge in [0.25, 0.3) is 0 Å². The second-order valence-electron chi connectivity index (χ2n) is 12.1. The van der Waals surface area contributed by atoms with Gasteiger partial charge in [-0.15, -0.1) is 0 Å². The molecule has 0 saturated carbocycles. The highest BCUT2D eigenvalue weighted by atomic mass is 16.6. The summed E-state index contributed by atoms with van der Waals surface area (Å²) in [5.41, 5.74) is 2.39. The number of alkyl carbamates (subject to hydrolysis) is 1. The molecular weight excluding hydrogens is 530 g/mol. The Kier molecular flexibility index (Phi) is 9.02. The van der Waals surface area contributed by atoms with E-state index in [0.29, 0.717) is 0 Å². The lowest BCUT2D eigenvalue weighted by atomic mass is 9.97. The number of rotatable bonds is 9. The normalized spacial score (nSPS) is 16.7. The number of methoxy groups -OCH3 is 1. The van der Waals surface area contributed by atoms with Gasteiger partial charge >= 0.3 is 12.1 Å². The van der Waals surface area contributed by atoms with Gasteiger partial charge in [-0.05, 0) is 68.6 Å². The average molecular weight is 572 g/mol. The molecule has 2 N–H and O–H groups in total. The molecule has 0 bridgehead atoms. The summed E-state index contributed by atoms with van der Waals surface area (Å²) in [5.74, 6) is 0.589. The van der Waals surface area contributed by atoms with E-state index in [2.05, 4.69) is 39.5 Å². The van der Waals surface area contributed by atoms with Crippen molar-refractivity contribution in [3.63, 3.8) is 0 Å². The van der Waals surface area contributed by atoms with Crippen molar-refractivity contribution in [1.29, 1.82) is 0 Å². The topological polar surface area (TPSA) is 92.9 Å². The third kappa shape index (κ3) is 7.23. The molecule has 1 aliphatic heterocycles. The highest BCUT2D eigenvalue weighted by Gasteiger charge is 2.29. The number of esters is 1. The Labute approximate surface area is 247 Å². The van der Waals surface area contributed by atoms with Crippen molar-refractivity contribution in [3.05, 3.63) is 78.0 Å². The standard InChI is InChI=1S/C34H41N3O5/c1-34(2,3)42-32(38)30(18-25-19-35-29-14-8-7-13-27(25)29)36-33(39)41-22-23-10-9-17-37(20-23)21-28-26-12-6-5-11-24(26)15-16-31(28)40-4/h5-8,11-16,19,23,30,35H,9-10,17-18,20-22H2,1-4H3,(H,36,39). The number of carbonyl (C=O) groups excluding carboxylic acids is 2. The summed E-state index contributed by atoms with van der Waals surface area (Å²) in [6.07, 6.45) is 3.54. The van der Waals surface area contributed by atoms with Crippen LogP contribution in [0.1, 0.15) is 44.7 Å². The average Bonchev–Trinajstić information content (AvgIpc) is 3.38. The van der Waals surface area contributed by atoms with Crippen LogP contribution in [-0.2, 0) is 27.2 Å². The van der Waals surface area contributed by atoms with Crippen LogP contribution in [0.2, 0.25) is 0 Å². The zero-order valence-electron chi connectivity index (χ0n) is 24.9. The minimum atomic E-state index is -0.877. The van der Waals surface area contributed by atoms with Crippen LogP contribution in [0.4, 0.5) is 4.79 Å². The molecule has 2 atom stereocenters. The minimum Gasteiger partial charge on any atom is -0.496 e. The van der Waals surface area contributed by atoms with Gasteiger partial charge in [-0.2, -0.15) is 0 Å². The summed E-state index contributed by atoms with van der Waals surface area (Å²) < 4.78 is 17.0. The third-order valence-corrected chi connectivity index (χ3v) is 7.73. The fourth-order valence-corrected chi connectivity index (χ4v) is 5.79. The van der Waals surface area contributed by atoms with E-state index in [1.54, 1.807) is 7.11 Å². The SMILES string of the molecule is COc1ccc2ccccc2c1CN1CCCC(COC(=O)NC(Cc2c[nH]c3ccccc23)C(=O)OC(C)(C)C)C1. The van der Waals surface area contributed by atoms with Gasteiger partial charge in [-0.3, -0.25) is 4.90 Å². The molecule has 5 rings (SSSR count). The summed E-state index contributed by atoms with van der Waals surface area (Å²) in [4.78, 5) is 31.7. The number of H-pyrrole nitrogens is 1. The van der Waals surface area contributed by atoms with E-state index >= 15 is 0 Å². The second-order valence-corrected chi connectivity index (χ2v) is 12.1. The number of para-hydroxylation sites is 1. The number of amides is 1. The number of piperidine rings is 1. The number of benzene rings is 3. The van der Waals surface area contributed by atoms with Gasteiger partial charge in [0.15, 0.2) is 0 Å². The summed E-state index contributed by atoms with van der Waals surface area (Å²) in [7, 11) is 1.71. The number of ether oxygens (including phenoxy) is 3. The molecule has 0 spiro atoms. The smallest absolute Gasteiger partial charge is 0.407 e. The molecule has 222 valence electrons. The van der Waals surface area contributed by atoms with Crippen molar-refractivity contribution in [3.8, 4) is 5.75 Å². The maximum Gasteiger partial charge on any atom is 0.407 e. The van der Waals surface area contributed by atoms with Crippen LogP contribution in [-0.4, -0.2) is 60.4 Å². The molecule has 42 heavy (non-hydrogen) atoms. The number of hydrogen-bond acceptors (Lipinski definition) is 6. The first-order valence-electron chi connectivity index (χ1n) is 14.7. The van der Waals surface area contributed by atoms with E-state index in [0.717, 1.165) is 54.7 Å². The molecule has 1 aromatic heterocycles. The number of nitrogens with zero attached hydrogens (tertiary/aromatic N) is 1. The van der Waals surface area contributed by atoms with E-state index in [9.17, 15) is 9.59 Å². The predicted molar refractivity (Wildman–Crippen MR) is 165 cm³/mol. The van der Waals surface area contributed by atoms with Crippen molar-refractivity contribution >= 4 is 33.7 Å². The molecule has 8 heteroatoms. The lowest BCUT2D eigenvalue weighted by Crippen LogP contribution is -2.46. The number of aromatic nitrogens is 1. The molecule has 1 saturated heterocycles. The summed E-state index contributed by atoms with van der Waals surface area (Å²) >= 11 is 0. The van der Waals surface area contributed by atoms with Gasteiger partial charge in [0, 0.05) is 48.1 Å². The van der Waals surface area contributed by atoms with Crippen molar-refractivity contribution in [2.45, 2.75) is 58.2 Å². The van der Waals surface area contributed by atoms with Gasteiger partial charge in [-0.1, -0.05) is 48.5 Å². The first-order valence-corrected chi connectivity index (χ1v) is 14.7. The molecule has 1 aliphatic rings. The van der Waals surface area contributed by atoms with Crippen LogP contribution >= 0.6 is 0 Å². The third-order valence-electron chi connectivity index (χ3n) is 7.73. The molecule has 0 radical (unpaired) electrons. The molecule has 0 aliphatic carbocycles. The number of aromatic amines is 1. The Morgan fingerprint density at radius 3 is 2.60 bits per heavy atom. The van der Waals surface area contributed by atoms with E-state index in [1.165, 1.54) is 16.3 Å². The van der Waals surface area contributed by atoms with Crippen molar-refractivity contribution in [2.24, 2.45) is 5.92 Å². The Balaban J connectivity index is 1.21. The number of hydrogen-bond donors (Lipinski definition) is 2. The first-order chi connectivity index (χ1) is 20.2. The van der Waals surface area contributed by atoms with Crippen molar-refractivity contribution < 1.29 is 23.8 Å². The summed E-state index contributed by atoms with van der Waals surface area (Å²) in [5, 5.41) is 6.18. The Morgan fingerprint density at radius 2 is 1.81 bits per heavy atom. The molecule has 1 fully saturated rings. The highest BCUT2D eigenvalue weighted by molar-refractivity contribution is 5.88. The summed E-state index contributed by atoms with van der Waals surface area (Å²) in [6, 6.07) is 19.5. The van der Waals surface area contributed by atoms with E-state index in [4.69, 9.17) is 14.2 Å². The number of fused-ring (bicyclic) bond motifs is 2. The lowest BCUT2D eigenvalue weighted by molar-refractivity contribution is -0.157. The monoisotopic (exact) mass is 571 g/mol. The fraction of sp³-hybridized carbons (Fsp3) is 0.412. The molecule has 2 heterocycles. The Bertz CT molecular complexity index is 1540. The van der Waals surface area contributed by atoms with E-state index < -0.39 is 23.7 Å². The Morgan fingerprint density at radius 1 is 1.05 bits per heavy atom. The van der Waals surface area contributed by atoms with Gasteiger partial charge in [0.2, 0.25) is 0 Å². The van der Waals surface area contributed by atoms with Crippen LogP contribution in [0, 0.1) is 5.92 Å². The van der Waals surface area contributed by atoms with Gasteiger partial charge < -0.3 is 24.5 Å². The fourth-order valence-electron chi connectivity index (χ4n) is 5.79. The molecule has 2 unspecified atom stereocenters. The molecular formula is C34H41N3O5.